The van der Waals surface area contributed by atoms with Crippen LogP contribution in [0.15, 0.2) is 34.7 Å². The number of nitro benzene ring substituents is 1. The second-order valence-electron chi connectivity index (χ2n) is 4.15. The first-order chi connectivity index (χ1) is 10.0. The average molecular weight is 285 g/mol. The molecule has 0 bridgehead atoms. The summed E-state index contributed by atoms with van der Waals surface area (Å²) in [6.07, 6.45) is 4.99. The number of carbonyl (C=O) groups is 1. The third-order valence-corrected chi connectivity index (χ3v) is 2.86. The molecule has 1 heterocycles. The van der Waals surface area contributed by atoms with Crippen LogP contribution >= 0.6 is 0 Å². The number of hydrogen-bond donors (Lipinski definition) is 0. The van der Waals surface area contributed by atoms with Crippen LogP contribution in [0.3, 0.4) is 0 Å². The van der Waals surface area contributed by atoms with Gasteiger partial charge < -0.3 is 9.15 Å². The number of terminal acetylenes is 1. The Morgan fingerprint density at radius 3 is 2.86 bits per heavy atom. The van der Waals surface area contributed by atoms with Crippen molar-refractivity contribution in [3.05, 3.63) is 51.8 Å². The molecule has 2 rings (SSSR count). The third-order valence-electron chi connectivity index (χ3n) is 2.86. The van der Waals surface area contributed by atoms with Crippen LogP contribution in [0.5, 0.6) is 0 Å². The highest BCUT2D eigenvalue weighted by molar-refractivity contribution is 5.87. The summed E-state index contributed by atoms with van der Waals surface area (Å²) in [5, 5.41) is 10.9. The Bertz CT molecular complexity index is 739. The standard InChI is InChI=1S/C15H11NO5/c1-3-9-20-15(17)14-8-7-13(21-14)11-5-4-6-12(10(11)2)16(18)19/h1,4-8H,9H2,2H3. The van der Waals surface area contributed by atoms with Gasteiger partial charge in [0.05, 0.1) is 4.92 Å². The number of carbonyl (C=O) groups excluding carboxylic acids is 1. The Kier molecular flexibility index (Phi) is 4.05. The smallest absolute Gasteiger partial charge is 0.375 e. The van der Waals surface area contributed by atoms with Crippen molar-refractivity contribution in [3.8, 4) is 23.7 Å². The number of esters is 1. The van der Waals surface area contributed by atoms with Crippen molar-refractivity contribution in [3.63, 3.8) is 0 Å². The summed E-state index contributed by atoms with van der Waals surface area (Å²) < 4.78 is 10.1. The van der Waals surface area contributed by atoms with E-state index in [4.69, 9.17) is 15.6 Å². The molecule has 0 N–H and O–H groups in total. The van der Waals surface area contributed by atoms with Gasteiger partial charge in [-0.25, -0.2) is 4.79 Å². The minimum absolute atomic E-state index is 0.00819. The summed E-state index contributed by atoms with van der Waals surface area (Å²) in [5.74, 6) is 1.84. The molecule has 21 heavy (non-hydrogen) atoms. The largest absolute Gasteiger partial charge is 0.449 e. The summed E-state index contributed by atoms with van der Waals surface area (Å²) in [6.45, 7) is 1.47. The lowest BCUT2D eigenvalue weighted by molar-refractivity contribution is -0.385. The zero-order valence-corrected chi connectivity index (χ0v) is 11.2. The Morgan fingerprint density at radius 1 is 1.43 bits per heavy atom. The van der Waals surface area contributed by atoms with Crippen molar-refractivity contribution in [2.75, 3.05) is 6.61 Å². The maximum atomic E-state index is 11.6. The second-order valence-corrected chi connectivity index (χ2v) is 4.15. The van der Waals surface area contributed by atoms with Crippen molar-refractivity contribution in [2.24, 2.45) is 0 Å². The minimum atomic E-state index is -0.678. The van der Waals surface area contributed by atoms with E-state index in [0.29, 0.717) is 16.9 Å². The summed E-state index contributed by atoms with van der Waals surface area (Å²) in [7, 11) is 0. The van der Waals surface area contributed by atoms with E-state index < -0.39 is 10.9 Å². The Labute approximate surface area is 120 Å². The molecule has 0 radical (unpaired) electrons. The maximum Gasteiger partial charge on any atom is 0.375 e. The topological polar surface area (TPSA) is 82.6 Å². The molecule has 6 nitrogen and oxygen atoms in total. The average Bonchev–Trinajstić information content (AvgIpc) is 2.94. The molecule has 0 aliphatic rings. The lowest BCUT2D eigenvalue weighted by Gasteiger charge is -2.03. The van der Waals surface area contributed by atoms with Crippen LogP contribution in [0.25, 0.3) is 11.3 Å². The zero-order chi connectivity index (χ0) is 15.4. The van der Waals surface area contributed by atoms with E-state index in [2.05, 4.69) is 5.92 Å². The molecule has 0 saturated carbocycles. The first kappa shape index (κ1) is 14.3. The van der Waals surface area contributed by atoms with E-state index in [9.17, 15) is 14.9 Å². The molecule has 0 spiro atoms. The highest BCUT2D eigenvalue weighted by Gasteiger charge is 2.18. The second kappa shape index (κ2) is 5.92. The normalized spacial score (nSPS) is 9.90. The van der Waals surface area contributed by atoms with Crippen LogP contribution in [0.4, 0.5) is 5.69 Å². The van der Waals surface area contributed by atoms with Gasteiger partial charge >= 0.3 is 5.97 Å². The molecule has 0 aliphatic carbocycles. The van der Waals surface area contributed by atoms with Crippen molar-refractivity contribution < 1.29 is 18.9 Å². The SMILES string of the molecule is C#CCOC(=O)c1ccc(-c2cccc([N+](=O)[O-])c2C)o1. The van der Waals surface area contributed by atoms with Crippen molar-refractivity contribution >= 4 is 11.7 Å². The van der Waals surface area contributed by atoms with E-state index in [1.807, 2.05) is 0 Å². The van der Waals surface area contributed by atoms with Crippen LogP contribution < -0.4 is 0 Å². The highest BCUT2D eigenvalue weighted by Crippen LogP contribution is 2.31. The predicted molar refractivity (Wildman–Crippen MR) is 74.7 cm³/mol. The van der Waals surface area contributed by atoms with Gasteiger partial charge in [0, 0.05) is 17.2 Å². The van der Waals surface area contributed by atoms with Crippen molar-refractivity contribution in [1.29, 1.82) is 0 Å². The number of nitro groups is 1. The monoisotopic (exact) mass is 285 g/mol. The third kappa shape index (κ3) is 2.92. The molecular weight excluding hydrogens is 274 g/mol. The Balaban J connectivity index is 2.35. The fourth-order valence-corrected chi connectivity index (χ4v) is 1.86. The number of hydrogen-bond acceptors (Lipinski definition) is 5. The molecule has 0 atom stereocenters. The fourth-order valence-electron chi connectivity index (χ4n) is 1.86. The molecule has 2 aromatic rings. The number of benzene rings is 1. The molecule has 106 valence electrons. The highest BCUT2D eigenvalue weighted by atomic mass is 16.6. The molecular formula is C15H11NO5. The maximum absolute atomic E-state index is 11.6. The minimum Gasteiger partial charge on any atom is -0.449 e. The van der Waals surface area contributed by atoms with E-state index in [0.717, 1.165) is 0 Å². The summed E-state index contributed by atoms with van der Waals surface area (Å²) in [6, 6.07) is 7.63. The van der Waals surface area contributed by atoms with Gasteiger partial charge in [0.1, 0.15) is 5.76 Å². The molecule has 1 aromatic heterocycles. The van der Waals surface area contributed by atoms with E-state index in [1.165, 1.54) is 12.1 Å². The summed E-state index contributed by atoms with van der Waals surface area (Å²) in [5.41, 5.74) is 0.987. The molecule has 0 fully saturated rings. The van der Waals surface area contributed by atoms with Crippen LogP contribution in [0.2, 0.25) is 0 Å². The molecule has 0 saturated heterocycles. The van der Waals surface area contributed by atoms with E-state index in [1.54, 1.807) is 25.1 Å². The van der Waals surface area contributed by atoms with E-state index >= 15 is 0 Å². The molecule has 1 aromatic carbocycles. The van der Waals surface area contributed by atoms with Gasteiger partial charge in [-0.3, -0.25) is 10.1 Å². The first-order valence-corrected chi connectivity index (χ1v) is 5.99. The quantitative estimate of drug-likeness (QED) is 0.373. The first-order valence-electron chi connectivity index (χ1n) is 5.99. The lowest BCUT2D eigenvalue weighted by atomic mass is 10.1. The van der Waals surface area contributed by atoms with Gasteiger partial charge in [0.2, 0.25) is 5.76 Å². The van der Waals surface area contributed by atoms with Crippen LogP contribution in [-0.4, -0.2) is 17.5 Å². The van der Waals surface area contributed by atoms with Crippen LogP contribution in [0, 0.1) is 29.4 Å². The Hall–Kier alpha value is -3.07. The zero-order valence-electron chi connectivity index (χ0n) is 11.2. The van der Waals surface area contributed by atoms with Crippen LogP contribution in [0.1, 0.15) is 16.1 Å². The molecule has 0 unspecified atom stereocenters. The molecule has 0 amide bonds. The van der Waals surface area contributed by atoms with Crippen molar-refractivity contribution in [2.45, 2.75) is 6.92 Å². The Morgan fingerprint density at radius 2 is 2.19 bits per heavy atom. The van der Waals surface area contributed by atoms with Gasteiger partial charge in [-0.1, -0.05) is 18.1 Å². The van der Waals surface area contributed by atoms with Gasteiger partial charge in [-0.2, -0.15) is 0 Å². The molecule has 0 aliphatic heterocycles. The van der Waals surface area contributed by atoms with Gasteiger partial charge in [-0.05, 0) is 19.1 Å². The number of furan rings is 1. The summed E-state index contributed by atoms with van der Waals surface area (Å²) >= 11 is 0. The number of ether oxygens (including phenoxy) is 1. The number of nitrogens with zero attached hydrogens (tertiary/aromatic N) is 1. The predicted octanol–water partition coefficient (Wildman–Crippen LogP) is 2.95. The van der Waals surface area contributed by atoms with Gasteiger partial charge in [-0.15, -0.1) is 6.42 Å². The van der Waals surface area contributed by atoms with Gasteiger partial charge in [0.15, 0.2) is 6.61 Å². The van der Waals surface area contributed by atoms with Crippen LogP contribution in [-0.2, 0) is 4.74 Å². The fraction of sp³-hybridized carbons (Fsp3) is 0.133. The van der Waals surface area contributed by atoms with Crippen molar-refractivity contribution in [1.82, 2.24) is 0 Å². The summed E-state index contributed by atoms with van der Waals surface area (Å²) in [4.78, 5) is 22.0. The van der Waals surface area contributed by atoms with E-state index in [-0.39, 0.29) is 18.1 Å². The van der Waals surface area contributed by atoms with Gasteiger partial charge in [0.25, 0.3) is 5.69 Å². The molecule has 6 heteroatoms. The number of rotatable bonds is 4. The lowest BCUT2D eigenvalue weighted by Crippen LogP contribution is -2.03.